The van der Waals surface area contributed by atoms with E-state index in [0.717, 1.165) is 53.9 Å². The summed E-state index contributed by atoms with van der Waals surface area (Å²) in [5, 5.41) is 18.9. The van der Waals surface area contributed by atoms with Crippen molar-refractivity contribution in [2.75, 3.05) is 45.4 Å². The van der Waals surface area contributed by atoms with E-state index in [1.165, 1.54) is 4.91 Å². The van der Waals surface area contributed by atoms with Crippen LogP contribution in [0.25, 0.3) is 16.8 Å². The van der Waals surface area contributed by atoms with E-state index in [2.05, 4.69) is 56.0 Å². The molecular weight excluding hydrogens is 598 g/mol. The number of carbonyl (C=O) groups excluding carboxylic acids is 2. The molecular formula is C35H45N7O3S. The first-order chi connectivity index (χ1) is 22.2. The number of aryl methyl sites for hydroxylation is 1. The monoisotopic (exact) mass is 643 g/mol. The second-order valence-electron chi connectivity index (χ2n) is 10.8. The number of thioether (sulfide) groups is 1. The molecule has 0 saturated heterocycles. The normalized spacial score (nSPS) is 12.6. The van der Waals surface area contributed by atoms with Crippen molar-refractivity contribution in [3.63, 3.8) is 0 Å². The van der Waals surface area contributed by atoms with Crippen molar-refractivity contribution in [1.82, 2.24) is 25.4 Å². The number of allylic oxidation sites excluding steroid dienone is 2. The lowest BCUT2D eigenvalue weighted by atomic mass is 9.99. The predicted molar refractivity (Wildman–Crippen MR) is 190 cm³/mol. The van der Waals surface area contributed by atoms with Crippen molar-refractivity contribution in [1.29, 1.82) is 0 Å². The zero-order chi connectivity index (χ0) is 33.6. The standard InChI is InChI=1S/C33H38N6O3S.C2H7N/c1-7-9-25(43-16-8-2)19-39(5)22(4)26-15-13-24(18-34-26)31-21(3)10-14-27(32(31)42-6)35-28-17-30(38-37-29(28)20-40)36-33(41)23-11-12-23;1-3-2/h8-10,13-18,20,23H,4,7,11-12,19H2,1-3,5-6H3,(H2,35,36,38,41);3H,1-2H3/b16-8-,25-9+;. The van der Waals surface area contributed by atoms with Crippen LogP contribution in [0.3, 0.4) is 0 Å². The molecule has 1 aliphatic carbocycles. The molecule has 3 aromatic rings. The first kappa shape index (κ1) is 36.0. The molecule has 0 radical (unpaired) electrons. The molecule has 11 heteroatoms. The van der Waals surface area contributed by atoms with Gasteiger partial charge in [0.25, 0.3) is 0 Å². The van der Waals surface area contributed by atoms with E-state index in [4.69, 9.17) is 9.72 Å². The number of hydrogen-bond donors (Lipinski definition) is 3. The summed E-state index contributed by atoms with van der Waals surface area (Å²) in [7, 11) is 7.37. The fraction of sp³-hybridized carbons (Fsp3) is 0.343. The molecule has 244 valence electrons. The van der Waals surface area contributed by atoms with Gasteiger partial charge in [0.05, 0.1) is 29.9 Å². The molecule has 0 atom stereocenters. The van der Waals surface area contributed by atoms with E-state index in [1.807, 2.05) is 71.5 Å². The summed E-state index contributed by atoms with van der Waals surface area (Å²) in [6.07, 6.45) is 9.40. The molecule has 4 rings (SSSR count). The molecule has 3 N–H and O–H groups in total. The Morgan fingerprint density at radius 2 is 1.91 bits per heavy atom. The van der Waals surface area contributed by atoms with Crippen LogP contribution in [0.5, 0.6) is 5.75 Å². The lowest BCUT2D eigenvalue weighted by molar-refractivity contribution is -0.117. The minimum atomic E-state index is -0.0930. The molecule has 10 nitrogen and oxygen atoms in total. The van der Waals surface area contributed by atoms with Gasteiger partial charge >= 0.3 is 0 Å². The third kappa shape index (κ3) is 9.76. The van der Waals surface area contributed by atoms with Gasteiger partial charge in [0.2, 0.25) is 5.91 Å². The van der Waals surface area contributed by atoms with E-state index in [0.29, 0.717) is 23.4 Å². The van der Waals surface area contributed by atoms with Crippen molar-refractivity contribution in [3.05, 3.63) is 82.5 Å². The molecule has 1 amide bonds. The number of ether oxygens (including phenoxy) is 1. The zero-order valence-electron chi connectivity index (χ0n) is 27.8. The topological polar surface area (TPSA) is 121 Å². The summed E-state index contributed by atoms with van der Waals surface area (Å²) in [4.78, 5) is 32.1. The average Bonchev–Trinajstić information content (AvgIpc) is 3.91. The highest BCUT2D eigenvalue weighted by atomic mass is 32.2. The van der Waals surface area contributed by atoms with Gasteiger partial charge in [-0.05, 0) is 70.3 Å². The van der Waals surface area contributed by atoms with E-state index < -0.39 is 0 Å². The number of nitrogens with one attached hydrogen (secondary N) is 3. The van der Waals surface area contributed by atoms with Crippen LogP contribution >= 0.6 is 11.8 Å². The number of amides is 1. The largest absolute Gasteiger partial charge is 0.494 e. The Labute approximate surface area is 276 Å². The quantitative estimate of drug-likeness (QED) is 0.157. The molecule has 0 aliphatic heterocycles. The van der Waals surface area contributed by atoms with E-state index in [1.54, 1.807) is 24.9 Å². The summed E-state index contributed by atoms with van der Waals surface area (Å²) >= 11 is 1.72. The summed E-state index contributed by atoms with van der Waals surface area (Å²) in [5.74, 6) is 0.778. The highest BCUT2D eigenvalue weighted by Gasteiger charge is 2.30. The minimum absolute atomic E-state index is 0.0128. The van der Waals surface area contributed by atoms with Crippen LogP contribution in [-0.4, -0.2) is 67.1 Å². The number of carbonyl (C=O) groups is 2. The first-order valence-electron chi connectivity index (χ1n) is 15.2. The lowest BCUT2D eigenvalue weighted by Gasteiger charge is -2.23. The van der Waals surface area contributed by atoms with Gasteiger partial charge in [0.15, 0.2) is 12.1 Å². The SMILES string of the molecule is C=C(c1ccc(-c2c(C)ccc(Nc3cc(NC(=O)C4CC4)nnc3C=O)c2OC)cn1)N(C)C/C(=C\CC)S/C=C\C.CNC. The van der Waals surface area contributed by atoms with Crippen LogP contribution in [-0.2, 0) is 4.79 Å². The Hall–Kier alpha value is -4.48. The average molecular weight is 644 g/mol. The summed E-state index contributed by atoms with van der Waals surface area (Å²) in [6.45, 7) is 11.2. The minimum Gasteiger partial charge on any atom is -0.494 e. The molecule has 1 saturated carbocycles. The van der Waals surface area contributed by atoms with Gasteiger partial charge in [0, 0.05) is 47.8 Å². The molecule has 46 heavy (non-hydrogen) atoms. The van der Waals surface area contributed by atoms with Crippen molar-refractivity contribution >= 4 is 46.8 Å². The van der Waals surface area contributed by atoms with E-state index >= 15 is 0 Å². The second kappa shape index (κ2) is 17.9. The number of hydrogen-bond acceptors (Lipinski definition) is 10. The van der Waals surface area contributed by atoms with Gasteiger partial charge < -0.3 is 25.6 Å². The maximum atomic E-state index is 12.2. The van der Waals surface area contributed by atoms with Crippen LogP contribution in [0, 0.1) is 12.8 Å². The number of pyridine rings is 1. The number of anilines is 3. The van der Waals surface area contributed by atoms with Crippen LogP contribution < -0.4 is 20.7 Å². The van der Waals surface area contributed by atoms with Gasteiger partial charge in [-0.25, -0.2) is 0 Å². The number of aromatic nitrogens is 3. The number of aldehydes is 1. The van der Waals surface area contributed by atoms with Gasteiger partial charge in [-0.2, -0.15) is 0 Å². The van der Waals surface area contributed by atoms with Crippen LogP contribution in [0.15, 0.2) is 65.6 Å². The fourth-order valence-corrected chi connectivity index (χ4v) is 5.33. The van der Waals surface area contributed by atoms with Crippen molar-refractivity contribution in [2.45, 2.75) is 40.0 Å². The Balaban J connectivity index is 0.00000185. The van der Waals surface area contributed by atoms with Crippen LogP contribution in [0.1, 0.15) is 54.9 Å². The summed E-state index contributed by atoms with van der Waals surface area (Å²) in [6, 6.07) is 9.41. The fourth-order valence-electron chi connectivity index (χ4n) is 4.49. The van der Waals surface area contributed by atoms with Crippen LogP contribution in [0.2, 0.25) is 0 Å². The number of methoxy groups -OCH3 is 1. The first-order valence-corrected chi connectivity index (χ1v) is 16.1. The Morgan fingerprint density at radius 1 is 1.17 bits per heavy atom. The number of nitrogens with zero attached hydrogens (tertiary/aromatic N) is 4. The maximum absolute atomic E-state index is 12.2. The molecule has 1 aromatic carbocycles. The Kier molecular flexibility index (Phi) is 14.0. The van der Waals surface area contributed by atoms with E-state index in [-0.39, 0.29) is 23.3 Å². The highest BCUT2D eigenvalue weighted by Crippen LogP contribution is 2.41. The van der Waals surface area contributed by atoms with Crippen molar-refractivity contribution in [3.8, 4) is 16.9 Å². The highest BCUT2D eigenvalue weighted by molar-refractivity contribution is 8.05. The van der Waals surface area contributed by atoms with Crippen molar-refractivity contribution in [2.24, 2.45) is 5.92 Å². The summed E-state index contributed by atoms with van der Waals surface area (Å²) < 4.78 is 5.88. The predicted octanol–water partition coefficient (Wildman–Crippen LogP) is 7.06. The molecule has 1 aliphatic rings. The zero-order valence-corrected chi connectivity index (χ0v) is 28.6. The third-order valence-electron chi connectivity index (χ3n) is 6.96. The number of benzene rings is 1. The third-order valence-corrected chi connectivity index (χ3v) is 7.97. The number of rotatable bonds is 14. The van der Waals surface area contributed by atoms with Gasteiger partial charge in [-0.15, -0.1) is 22.0 Å². The molecule has 0 spiro atoms. The smallest absolute Gasteiger partial charge is 0.228 e. The molecule has 2 heterocycles. The van der Waals surface area contributed by atoms with Crippen molar-refractivity contribution < 1.29 is 14.3 Å². The second-order valence-corrected chi connectivity index (χ2v) is 11.8. The lowest BCUT2D eigenvalue weighted by Crippen LogP contribution is -2.18. The maximum Gasteiger partial charge on any atom is 0.228 e. The van der Waals surface area contributed by atoms with Crippen LogP contribution in [0.4, 0.5) is 17.2 Å². The van der Waals surface area contributed by atoms with Gasteiger partial charge in [-0.1, -0.05) is 37.8 Å². The summed E-state index contributed by atoms with van der Waals surface area (Å²) in [5.41, 5.74) is 5.47. The van der Waals surface area contributed by atoms with E-state index in [9.17, 15) is 9.59 Å². The van der Waals surface area contributed by atoms with Gasteiger partial charge in [0.1, 0.15) is 11.4 Å². The number of likely N-dealkylation sites (N-methyl/N-ethyl adjacent to an activating group) is 1. The Bertz CT molecular complexity index is 1570. The Morgan fingerprint density at radius 3 is 2.50 bits per heavy atom. The van der Waals surface area contributed by atoms with Gasteiger partial charge in [-0.3, -0.25) is 14.6 Å². The molecule has 2 aromatic heterocycles. The molecule has 0 bridgehead atoms. The molecule has 1 fully saturated rings. The molecule has 0 unspecified atom stereocenters.